The third-order valence-electron chi connectivity index (χ3n) is 10.1. The van der Waals surface area contributed by atoms with Crippen LogP contribution in [-0.4, -0.2) is 0 Å². The molecule has 0 atom stereocenters. The van der Waals surface area contributed by atoms with E-state index in [1.165, 1.54) is 72.0 Å². The molecule has 45 heavy (non-hydrogen) atoms. The van der Waals surface area contributed by atoms with Crippen molar-refractivity contribution in [2.45, 2.75) is 5.92 Å². The first-order valence-corrected chi connectivity index (χ1v) is 15.5. The van der Waals surface area contributed by atoms with Gasteiger partial charge < -0.3 is 8.83 Å². The number of para-hydroxylation sites is 2. The Hall–Kier alpha value is -5.86. The number of benzene rings is 7. The minimum Gasteiger partial charge on any atom is -0.456 e. The van der Waals surface area contributed by atoms with Crippen LogP contribution in [0.25, 0.3) is 88.4 Å². The Labute approximate surface area is 258 Å². The molecule has 11 rings (SSSR count). The van der Waals surface area contributed by atoms with Gasteiger partial charge in [0.2, 0.25) is 0 Å². The van der Waals surface area contributed by atoms with E-state index >= 15 is 0 Å². The fraction of sp³-hybridized carbons (Fsp3) is 0.0233. The molecule has 2 aliphatic carbocycles. The molecular formula is C43H24O2. The first kappa shape index (κ1) is 23.6. The SMILES string of the molecule is c1ccc(-c2ccc(-c3cc4c5c(c3)-c3ccc6c(oc7ccccc76)c3C5c3c-4ccc4c3oc3ccccc34)cc2)cc1. The molecule has 0 saturated carbocycles. The summed E-state index contributed by atoms with van der Waals surface area (Å²) >= 11 is 0. The predicted molar refractivity (Wildman–Crippen MR) is 184 cm³/mol. The molecule has 0 spiro atoms. The van der Waals surface area contributed by atoms with Gasteiger partial charge in [0.1, 0.15) is 22.3 Å². The van der Waals surface area contributed by atoms with E-state index < -0.39 is 0 Å². The number of furan rings is 2. The number of hydrogen-bond donors (Lipinski definition) is 0. The van der Waals surface area contributed by atoms with Crippen LogP contribution in [0.2, 0.25) is 0 Å². The quantitative estimate of drug-likeness (QED) is 0.206. The van der Waals surface area contributed by atoms with E-state index in [1.807, 2.05) is 0 Å². The van der Waals surface area contributed by atoms with Gasteiger partial charge in [0.15, 0.2) is 0 Å². The molecule has 9 aromatic rings. The minimum atomic E-state index is 0.0445. The van der Waals surface area contributed by atoms with E-state index in [1.54, 1.807) is 0 Å². The van der Waals surface area contributed by atoms with Crippen molar-refractivity contribution in [3.8, 4) is 44.5 Å². The molecular weight excluding hydrogens is 548 g/mol. The van der Waals surface area contributed by atoms with Gasteiger partial charge in [-0.05, 0) is 86.5 Å². The molecule has 0 amide bonds. The fourth-order valence-electron chi connectivity index (χ4n) is 8.16. The maximum absolute atomic E-state index is 6.71. The Bertz CT molecular complexity index is 2540. The van der Waals surface area contributed by atoms with Crippen LogP contribution >= 0.6 is 0 Å². The standard InChI is InChI=1S/C43H24O2/c1-2-8-24(9-3-1)25-14-16-26(17-15-25)27-22-34-30-18-20-32-28-10-4-6-12-36(28)44-42(32)39(30)41-38(34)35(23-27)31-19-21-33-29-11-5-7-13-37(29)45-43(33)40(31)41/h1-23,41H. The largest absolute Gasteiger partial charge is 0.456 e. The highest BCUT2D eigenvalue weighted by Crippen LogP contribution is 2.62. The van der Waals surface area contributed by atoms with Gasteiger partial charge in [0.25, 0.3) is 0 Å². The van der Waals surface area contributed by atoms with Crippen LogP contribution < -0.4 is 0 Å². The third kappa shape index (κ3) is 3.03. The van der Waals surface area contributed by atoms with Crippen molar-refractivity contribution in [3.63, 3.8) is 0 Å². The van der Waals surface area contributed by atoms with Crippen LogP contribution in [0.1, 0.15) is 22.6 Å². The van der Waals surface area contributed by atoms with E-state index in [4.69, 9.17) is 8.83 Å². The smallest absolute Gasteiger partial charge is 0.140 e. The summed E-state index contributed by atoms with van der Waals surface area (Å²) in [7, 11) is 0. The minimum absolute atomic E-state index is 0.0445. The summed E-state index contributed by atoms with van der Waals surface area (Å²) in [6.07, 6.45) is 0. The molecule has 208 valence electrons. The van der Waals surface area contributed by atoms with E-state index in [9.17, 15) is 0 Å². The third-order valence-corrected chi connectivity index (χ3v) is 10.1. The average molecular weight is 573 g/mol. The Morgan fingerprint density at radius 2 is 0.800 bits per heavy atom. The summed E-state index contributed by atoms with van der Waals surface area (Å²) in [5.74, 6) is 0.0445. The highest BCUT2D eigenvalue weighted by Gasteiger charge is 2.43. The van der Waals surface area contributed by atoms with Crippen LogP contribution in [0, 0.1) is 0 Å². The van der Waals surface area contributed by atoms with E-state index in [-0.39, 0.29) is 5.92 Å². The Morgan fingerprint density at radius 1 is 0.333 bits per heavy atom. The summed E-state index contributed by atoms with van der Waals surface area (Å²) in [5, 5.41) is 4.65. The molecule has 0 aliphatic heterocycles. The van der Waals surface area contributed by atoms with Crippen molar-refractivity contribution in [2.75, 3.05) is 0 Å². The van der Waals surface area contributed by atoms with Gasteiger partial charge in [-0.15, -0.1) is 0 Å². The number of rotatable bonds is 2. The van der Waals surface area contributed by atoms with Gasteiger partial charge in [0, 0.05) is 38.6 Å². The molecule has 0 N–H and O–H groups in total. The lowest BCUT2D eigenvalue weighted by Crippen LogP contribution is -1.96. The van der Waals surface area contributed by atoms with E-state index in [0.29, 0.717) is 0 Å². The van der Waals surface area contributed by atoms with Gasteiger partial charge >= 0.3 is 0 Å². The van der Waals surface area contributed by atoms with Crippen molar-refractivity contribution in [1.29, 1.82) is 0 Å². The van der Waals surface area contributed by atoms with Crippen LogP contribution in [0.4, 0.5) is 0 Å². The maximum Gasteiger partial charge on any atom is 0.140 e. The molecule has 2 aromatic heterocycles. The summed E-state index contributed by atoms with van der Waals surface area (Å²) in [5.41, 5.74) is 17.7. The summed E-state index contributed by atoms with van der Waals surface area (Å²) < 4.78 is 13.4. The summed E-state index contributed by atoms with van der Waals surface area (Å²) in [4.78, 5) is 0. The highest BCUT2D eigenvalue weighted by molar-refractivity contribution is 6.14. The van der Waals surface area contributed by atoms with Gasteiger partial charge in [-0.3, -0.25) is 0 Å². The first-order valence-electron chi connectivity index (χ1n) is 15.5. The van der Waals surface area contributed by atoms with Crippen molar-refractivity contribution < 1.29 is 8.83 Å². The molecule has 0 fully saturated rings. The lowest BCUT2D eigenvalue weighted by atomic mass is 9.90. The Balaban J connectivity index is 1.21. The van der Waals surface area contributed by atoms with Gasteiger partial charge in [-0.2, -0.15) is 0 Å². The highest BCUT2D eigenvalue weighted by atomic mass is 16.3. The molecule has 2 heterocycles. The second-order valence-corrected chi connectivity index (χ2v) is 12.4. The zero-order valence-corrected chi connectivity index (χ0v) is 24.2. The Morgan fingerprint density at radius 3 is 1.36 bits per heavy atom. The molecule has 2 heteroatoms. The molecule has 0 saturated heterocycles. The lowest BCUT2D eigenvalue weighted by molar-refractivity contribution is 0.656. The van der Waals surface area contributed by atoms with Gasteiger partial charge in [-0.25, -0.2) is 0 Å². The zero-order valence-electron chi connectivity index (χ0n) is 24.2. The van der Waals surface area contributed by atoms with E-state index in [2.05, 4.69) is 140 Å². The predicted octanol–water partition coefficient (Wildman–Crippen LogP) is 12.0. The number of hydrogen-bond acceptors (Lipinski definition) is 2. The topological polar surface area (TPSA) is 26.3 Å². The second kappa shape index (κ2) is 8.40. The maximum atomic E-state index is 6.71. The summed E-state index contributed by atoms with van der Waals surface area (Å²) in [6.45, 7) is 0. The van der Waals surface area contributed by atoms with Crippen LogP contribution in [0.15, 0.2) is 148 Å². The average Bonchev–Trinajstić information content (AvgIpc) is 3.84. The van der Waals surface area contributed by atoms with Gasteiger partial charge in [-0.1, -0.05) is 103 Å². The Kier molecular flexibility index (Phi) is 4.40. The molecule has 2 aliphatic rings. The lowest BCUT2D eigenvalue weighted by Gasteiger charge is -2.12. The molecule has 7 aromatic carbocycles. The van der Waals surface area contributed by atoms with Crippen molar-refractivity contribution >= 4 is 43.9 Å². The van der Waals surface area contributed by atoms with Crippen LogP contribution in [0.3, 0.4) is 0 Å². The van der Waals surface area contributed by atoms with Crippen LogP contribution in [-0.2, 0) is 0 Å². The molecule has 0 unspecified atom stereocenters. The first-order chi connectivity index (χ1) is 22.3. The van der Waals surface area contributed by atoms with Crippen molar-refractivity contribution in [3.05, 3.63) is 156 Å². The monoisotopic (exact) mass is 572 g/mol. The number of fused-ring (bicyclic) bond motifs is 14. The van der Waals surface area contributed by atoms with E-state index in [0.717, 1.165) is 33.1 Å². The normalized spacial score (nSPS) is 13.2. The van der Waals surface area contributed by atoms with Crippen LogP contribution in [0.5, 0.6) is 0 Å². The van der Waals surface area contributed by atoms with Crippen molar-refractivity contribution in [1.82, 2.24) is 0 Å². The molecule has 0 radical (unpaired) electrons. The van der Waals surface area contributed by atoms with Gasteiger partial charge in [0.05, 0.1) is 0 Å². The zero-order chi connectivity index (χ0) is 29.2. The fourth-order valence-corrected chi connectivity index (χ4v) is 8.16. The summed E-state index contributed by atoms with van der Waals surface area (Å²) in [6, 6.07) is 50.2. The molecule has 2 nitrogen and oxygen atoms in total. The second-order valence-electron chi connectivity index (χ2n) is 12.4. The molecule has 0 bridgehead atoms. The van der Waals surface area contributed by atoms with Crippen molar-refractivity contribution in [2.24, 2.45) is 0 Å².